The van der Waals surface area contributed by atoms with Gasteiger partial charge in [0.1, 0.15) is 5.82 Å². The molecule has 1 aromatic carbocycles. The molecular formula is C16H17N3O. The number of hydrogen-bond donors (Lipinski definition) is 2. The SMILES string of the molecule is O=C(C=C1NCCN1)c1ccccc1.c1ccncc1. The summed E-state index contributed by atoms with van der Waals surface area (Å²) in [5.74, 6) is 0.848. The lowest BCUT2D eigenvalue weighted by atomic mass is 10.1. The molecule has 0 amide bonds. The van der Waals surface area contributed by atoms with Crippen molar-refractivity contribution in [2.75, 3.05) is 13.1 Å². The van der Waals surface area contributed by atoms with Crippen LogP contribution in [-0.2, 0) is 0 Å². The van der Waals surface area contributed by atoms with Crippen LogP contribution in [0.4, 0.5) is 0 Å². The lowest BCUT2D eigenvalue weighted by molar-refractivity contribution is 0.104. The Morgan fingerprint density at radius 3 is 2.05 bits per heavy atom. The van der Waals surface area contributed by atoms with E-state index >= 15 is 0 Å². The zero-order valence-electron chi connectivity index (χ0n) is 11.1. The molecule has 0 bridgehead atoms. The average molecular weight is 267 g/mol. The van der Waals surface area contributed by atoms with Crippen LogP contribution in [0.2, 0.25) is 0 Å². The molecule has 1 aliphatic rings. The van der Waals surface area contributed by atoms with Crippen LogP contribution in [0, 0.1) is 0 Å². The van der Waals surface area contributed by atoms with Gasteiger partial charge in [-0.1, -0.05) is 36.4 Å². The molecule has 0 unspecified atom stereocenters. The lowest BCUT2D eigenvalue weighted by Crippen LogP contribution is -2.12. The van der Waals surface area contributed by atoms with Crippen LogP contribution in [0.1, 0.15) is 10.4 Å². The number of nitrogens with one attached hydrogen (secondary N) is 2. The Morgan fingerprint density at radius 1 is 0.950 bits per heavy atom. The third-order valence-electron chi connectivity index (χ3n) is 2.66. The van der Waals surface area contributed by atoms with E-state index in [2.05, 4.69) is 15.6 Å². The molecule has 0 spiro atoms. The second kappa shape index (κ2) is 7.74. The van der Waals surface area contributed by atoms with E-state index in [1.54, 1.807) is 18.5 Å². The predicted octanol–water partition coefficient (Wildman–Crippen LogP) is 1.99. The van der Waals surface area contributed by atoms with E-state index in [0.717, 1.165) is 24.5 Å². The number of allylic oxidation sites excluding steroid dienone is 1. The van der Waals surface area contributed by atoms with E-state index in [4.69, 9.17) is 0 Å². The molecule has 0 atom stereocenters. The Morgan fingerprint density at radius 2 is 1.55 bits per heavy atom. The highest BCUT2D eigenvalue weighted by molar-refractivity contribution is 6.04. The first-order valence-corrected chi connectivity index (χ1v) is 6.50. The zero-order valence-corrected chi connectivity index (χ0v) is 11.1. The van der Waals surface area contributed by atoms with Crippen molar-refractivity contribution in [3.8, 4) is 0 Å². The van der Waals surface area contributed by atoms with Gasteiger partial charge in [-0.05, 0) is 12.1 Å². The topological polar surface area (TPSA) is 54.0 Å². The second-order valence-electron chi connectivity index (χ2n) is 4.17. The van der Waals surface area contributed by atoms with Gasteiger partial charge in [-0.3, -0.25) is 9.78 Å². The molecule has 4 heteroatoms. The van der Waals surface area contributed by atoms with Crippen LogP contribution in [0.3, 0.4) is 0 Å². The van der Waals surface area contributed by atoms with Gasteiger partial charge in [0, 0.05) is 37.1 Å². The van der Waals surface area contributed by atoms with Gasteiger partial charge in [-0.2, -0.15) is 0 Å². The first-order valence-electron chi connectivity index (χ1n) is 6.50. The number of benzene rings is 1. The number of aromatic nitrogens is 1. The summed E-state index contributed by atoms with van der Waals surface area (Å²) in [4.78, 5) is 15.4. The minimum Gasteiger partial charge on any atom is -0.370 e. The summed E-state index contributed by atoms with van der Waals surface area (Å²) < 4.78 is 0. The van der Waals surface area contributed by atoms with Crippen LogP contribution in [0.25, 0.3) is 0 Å². The monoisotopic (exact) mass is 267 g/mol. The molecule has 0 aliphatic carbocycles. The summed E-state index contributed by atoms with van der Waals surface area (Å²) >= 11 is 0. The summed E-state index contributed by atoms with van der Waals surface area (Å²) in [6, 6.07) is 15.0. The third kappa shape index (κ3) is 4.57. The Hall–Kier alpha value is -2.62. The van der Waals surface area contributed by atoms with Crippen molar-refractivity contribution in [3.05, 3.63) is 78.4 Å². The number of carbonyl (C=O) groups excluding carboxylic acids is 1. The number of ketones is 1. The summed E-state index contributed by atoms with van der Waals surface area (Å²) in [5, 5.41) is 6.17. The normalized spacial score (nSPS) is 12.5. The fourth-order valence-electron chi connectivity index (χ4n) is 1.69. The highest BCUT2D eigenvalue weighted by atomic mass is 16.1. The van der Waals surface area contributed by atoms with E-state index in [-0.39, 0.29) is 5.78 Å². The fraction of sp³-hybridized carbons (Fsp3) is 0.125. The minimum absolute atomic E-state index is 0.0301. The molecule has 0 saturated carbocycles. The third-order valence-corrected chi connectivity index (χ3v) is 2.66. The molecule has 4 nitrogen and oxygen atoms in total. The maximum atomic E-state index is 11.6. The van der Waals surface area contributed by atoms with Crippen molar-refractivity contribution >= 4 is 5.78 Å². The summed E-state index contributed by atoms with van der Waals surface area (Å²) in [7, 11) is 0. The maximum Gasteiger partial charge on any atom is 0.189 e. The van der Waals surface area contributed by atoms with Crippen LogP contribution >= 0.6 is 0 Å². The van der Waals surface area contributed by atoms with Crippen molar-refractivity contribution in [1.29, 1.82) is 0 Å². The van der Waals surface area contributed by atoms with E-state index in [1.165, 1.54) is 0 Å². The van der Waals surface area contributed by atoms with Gasteiger partial charge in [0.2, 0.25) is 0 Å². The molecule has 2 N–H and O–H groups in total. The van der Waals surface area contributed by atoms with Gasteiger partial charge < -0.3 is 10.6 Å². The summed E-state index contributed by atoms with van der Waals surface area (Å²) in [6.07, 6.45) is 5.10. The van der Waals surface area contributed by atoms with Gasteiger partial charge in [0.15, 0.2) is 5.78 Å². The molecule has 1 aromatic heterocycles. The molecule has 1 saturated heterocycles. The smallest absolute Gasteiger partial charge is 0.189 e. The zero-order chi connectivity index (χ0) is 14.0. The van der Waals surface area contributed by atoms with Crippen LogP contribution in [-0.4, -0.2) is 23.9 Å². The molecule has 0 radical (unpaired) electrons. The quantitative estimate of drug-likeness (QED) is 0.645. The van der Waals surface area contributed by atoms with Gasteiger partial charge in [0.25, 0.3) is 0 Å². The molecule has 20 heavy (non-hydrogen) atoms. The van der Waals surface area contributed by atoms with E-state index in [0.29, 0.717) is 0 Å². The molecule has 1 aliphatic heterocycles. The van der Waals surface area contributed by atoms with Crippen molar-refractivity contribution in [1.82, 2.24) is 15.6 Å². The first kappa shape index (κ1) is 13.8. The Labute approximate surface area is 118 Å². The molecular weight excluding hydrogens is 250 g/mol. The number of rotatable bonds is 2. The number of carbonyl (C=O) groups is 1. The van der Waals surface area contributed by atoms with Crippen molar-refractivity contribution in [2.24, 2.45) is 0 Å². The number of nitrogens with zero attached hydrogens (tertiary/aromatic N) is 1. The van der Waals surface area contributed by atoms with Crippen LogP contribution in [0.15, 0.2) is 72.8 Å². The average Bonchev–Trinajstić information content (AvgIpc) is 3.03. The molecule has 2 heterocycles. The highest BCUT2D eigenvalue weighted by Crippen LogP contribution is 2.02. The Bertz CT molecular complexity index is 518. The standard InChI is InChI=1S/C11H12N2O.C5H5N/c14-10(8-11-12-6-7-13-11)9-4-2-1-3-5-9;1-2-4-6-5-3-1/h1-5,8,12-13H,6-7H2;1-5H. The summed E-state index contributed by atoms with van der Waals surface area (Å²) in [5.41, 5.74) is 0.718. The van der Waals surface area contributed by atoms with Gasteiger partial charge in [0.05, 0.1) is 0 Å². The molecule has 102 valence electrons. The lowest BCUT2D eigenvalue weighted by Gasteiger charge is -1.99. The molecule has 1 fully saturated rings. The fourth-order valence-corrected chi connectivity index (χ4v) is 1.69. The van der Waals surface area contributed by atoms with Gasteiger partial charge in [-0.15, -0.1) is 0 Å². The number of hydrogen-bond acceptors (Lipinski definition) is 4. The van der Waals surface area contributed by atoms with Crippen molar-refractivity contribution in [2.45, 2.75) is 0 Å². The first-order chi connectivity index (χ1) is 9.86. The maximum absolute atomic E-state index is 11.6. The Balaban J connectivity index is 0.000000205. The van der Waals surface area contributed by atoms with Crippen molar-refractivity contribution in [3.63, 3.8) is 0 Å². The van der Waals surface area contributed by atoms with E-state index in [1.807, 2.05) is 48.5 Å². The predicted molar refractivity (Wildman–Crippen MR) is 79.1 cm³/mol. The van der Waals surface area contributed by atoms with E-state index < -0.39 is 0 Å². The summed E-state index contributed by atoms with van der Waals surface area (Å²) in [6.45, 7) is 1.77. The largest absolute Gasteiger partial charge is 0.370 e. The van der Waals surface area contributed by atoms with Gasteiger partial charge >= 0.3 is 0 Å². The van der Waals surface area contributed by atoms with E-state index in [9.17, 15) is 4.79 Å². The minimum atomic E-state index is 0.0301. The second-order valence-corrected chi connectivity index (χ2v) is 4.17. The number of pyridine rings is 1. The van der Waals surface area contributed by atoms with Crippen LogP contribution < -0.4 is 10.6 Å². The molecule has 2 aromatic rings. The van der Waals surface area contributed by atoms with Gasteiger partial charge in [-0.25, -0.2) is 0 Å². The Kier molecular flexibility index (Phi) is 5.34. The van der Waals surface area contributed by atoms with Crippen molar-refractivity contribution < 1.29 is 4.79 Å². The highest BCUT2D eigenvalue weighted by Gasteiger charge is 2.07. The van der Waals surface area contributed by atoms with Crippen LogP contribution in [0.5, 0.6) is 0 Å². The molecule has 3 rings (SSSR count).